The van der Waals surface area contributed by atoms with E-state index in [1.165, 1.54) is 0 Å². The fraction of sp³-hybridized carbons (Fsp3) is 0.0357. The lowest BCUT2D eigenvalue weighted by atomic mass is 10.1. The first-order valence-corrected chi connectivity index (χ1v) is 10.5. The molecule has 0 spiro atoms. The summed E-state index contributed by atoms with van der Waals surface area (Å²) < 4.78 is 5.38. The van der Waals surface area contributed by atoms with Crippen molar-refractivity contribution in [1.29, 1.82) is 0 Å². The van der Waals surface area contributed by atoms with E-state index >= 15 is 0 Å². The van der Waals surface area contributed by atoms with Crippen LogP contribution in [0.3, 0.4) is 0 Å². The number of benzene rings is 4. The molecule has 0 saturated carbocycles. The fourth-order valence-corrected chi connectivity index (χ4v) is 3.05. The van der Waals surface area contributed by atoms with Crippen LogP contribution >= 0.6 is 0 Å². The average Bonchev–Trinajstić information content (AvgIpc) is 2.85. The Labute approximate surface area is 192 Å². The Hall–Kier alpha value is -4.51. The summed E-state index contributed by atoms with van der Waals surface area (Å²) in [7, 11) is 0. The molecule has 0 bridgehead atoms. The molecule has 5 heteroatoms. The number of ether oxygens (including phenoxy) is 1. The molecule has 0 fully saturated rings. The second-order valence-electron chi connectivity index (χ2n) is 7.45. The molecule has 4 aromatic rings. The van der Waals surface area contributed by atoms with Crippen molar-refractivity contribution in [2.24, 2.45) is 4.99 Å². The number of hydrogen-bond acceptors (Lipinski definition) is 4. The number of carbonyl (C=O) groups excluding carboxylic acids is 2. The van der Waals surface area contributed by atoms with Crippen molar-refractivity contribution in [2.45, 2.75) is 6.92 Å². The number of aliphatic imine (C=N–C) groups is 1. The van der Waals surface area contributed by atoms with Crippen LogP contribution < -0.4 is 10.1 Å². The second kappa shape index (κ2) is 10.2. The Bertz CT molecular complexity index is 1260. The topological polar surface area (TPSA) is 67.8 Å². The van der Waals surface area contributed by atoms with Crippen molar-refractivity contribution >= 4 is 29.5 Å². The van der Waals surface area contributed by atoms with E-state index < -0.39 is 5.97 Å². The highest BCUT2D eigenvalue weighted by Crippen LogP contribution is 2.18. The van der Waals surface area contributed by atoms with E-state index in [1.54, 1.807) is 54.7 Å². The SMILES string of the molecule is Cc1ccc(C(=O)Nc2ccc(/N=C/c3ccc(OC(=O)c4ccccc4)cc3)cc2)cc1. The Morgan fingerprint density at radius 1 is 0.758 bits per heavy atom. The Kier molecular flexibility index (Phi) is 6.71. The third-order valence-electron chi connectivity index (χ3n) is 4.90. The van der Waals surface area contributed by atoms with Crippen LogP contribution in [0, 0.1) is 6.92 Å². The molecule has 0 aliphatic rings. The first kappa shape index (κ1) is 21.7. The molecule has 0 aliphatic carbocycles. The number of hydrogen-bond donors (Lipinski definition) is 1. The van der Waals surface area contributed by atoms with Crippen LogP contribution in [-0.2, 0) is 0 Å². The minimum atomic E-state index is -0.397. The van der Waals surface area contributed by atoms with E-state index in [9.17, 15) is 9.59 Å². The van der Waals surface area contributed by atoms with Crippen LogP contribution in [0.25, 0.3) is 0 Å². The number of esters is 1. The van der Waals surface area contributed by atoms with E-state index in [2.05, 4.69) is 10.3 Å². The molecule has 0 heterocycles. The van der Waals surface area contributed by atoms with Crippen LogP contribution in [0.1, 0.15) is 31.8 Å². The van der Waals surface area contributed by atoms with Crippen LogP contribution in [0.5, 0.6) is 5.75 Å². The van der Waals surface area contributed by atoms with Crippen molar-refractivity contribution in [3.05, 3.63) is 125 Å². The summed E-state index contributed by atoms with van der Waals surface area (Å²) in [5.74, 6) is -0.0828. The largest absolute Gasteiger partial charge is 0.423 e. The lowest BCUT2D eigenvalue weighted by molar-refractivity contribution is 0.0734. The van der Waals surface area contributed by atoms with Gasteiger partial charge in [0.15, 0.2) is 0 Å². The number of rotatable bonds is 6. The first-order chi connectivity index (χ1) is 16.1. The molecule has 0 atom stereocenters. The summed E-state index contributed by atoms with van der Waals surface area (Å²) in [5.41, 5.74) is 4.54. The Morgan fingerprint density at radius 2 is 1.42 bits per heavy atom. The highest BCUT2D eigenvalue weighted by molar-refractivity contribution is 6.04. The lowest BCUT2D eigenvalue weighted by Crippen LogP contribution is -2.11. The number of carbonyl (C=O) groups is 2. The molecule has 0 aliphatic heterocycles. The Balaban J connectivity index is 1.33. The Morgan fingerprint density at radius 3 is 2.09 bits per heavy atom. The van der Waals surface area contributed by atoms with E-state index in [4.69, 9.17) is 4.74 Å². The van der Waals surface area contributed by atoms with Crippen molar-refractivity contribution in [2.75, 3.05) is 5.32 Å². The molecule has 0 radical (unpaired) electrons. The maximum Gasteiger partial charge on any atom is 0.343 e. The zero-order valence-corrected chi connectivity index (χ0v) is 18.1. The summed E-state index contributed by atoms with van der Waals surface area (Å²) >= 11 is 0. The maximum absolute atomic E-state index is 12.3. The van der Waals surface area contributed by atoms with E-state index in [-0.39, 0.29) is 5.91 Å². The van der Waals surface area contributed by atoms with Crippen molar-refractivity contribution in [3.8, 4) is 5.75 Å². The molecule has 1 N–H and O–H groups in total. The molecule has 4 aromatic carbocycles. The molecule has 33 heavy (non-hydrogen) atoms. The summed E-state index contributed by atoms with van der Waals surface area (Å²) in [6.07, 6.45) is 1.72. The molecular formula is C28H22N2O3. The number of aryl methyl sites for hydroxylation is 1. The zero-order chi connectivity index (χ0) is 23.0. The normalized spacial score (nSPS) is 10.7. The van der Waals surface area contributed by atoms with Gasteiger partial charge in [0.2, 0.25) is 0 Å². The van der Waals surface area contributed by atoms with Gasteiger partial charge in [0.05, 0.1) is 11.3 Å². The predicted molar refractivity (Wildman–Crippen MR) is 131 cm³/mol. The third kappa shape index (κ3) is 6.02. The molecule has 1 amide bonds. The van der Waals surface area contributed by atoms with Gasteiger partial charge in [0.25, 0.3) is 5.91 Å². The van der Waals surface area contributed by atoms with Gasteiger partial charge in [0, 0.05) is 17.5 Å². The molecule has 0 aromatic heterocycles. The van der Waals surface area contributed by atoms with Gasteiger partial charge >= 0.3 is 5.97 Å². The van der Waals surface area contributed by atoms with Gasteiger partial charge in [-0.2, -0.15) is 0 Å². The third-order valence-corrected chi connectivity index (χ3v) is 4.90. The van der Waals surface area contributed by atoms with Gasteiger partial charge < -0.3 is 10.1 Å². The zero-order valence-electron chi connectivity index (χ0n) is 18.1. The van der Waals surface area contributed by atoms with Gasteiger partial charge in [-0.1, -0.05) is 35.9 Å². The van der Waals surface area contributed by atoms with Gasteiger partial charge in [-0.3, -0.25) is 9.79 Å². The van der Waals surface area contributed by atoms with Crippen molar-refractivity contribution < 1.29 is 14.3 Å². The minimum absolute atomic E-state index is 0.153. The molecule has 0 saturated heterocycles. The molecule has 4 rings (SSSR count). The van der Waals surface area contributed by atoms with Crippen molar-refractivity contribution in [3.63, 3.8) is 0 Å². The van der Waals surface area contributed by atoms with Crippen LogP contribution in [0.4, 0.5) is 11.4 Å². The average molecular weight is 434 g/mol. The van der Waals surface area contributed by atoms with Gasteiger partial charge in [-0.05, 0) is 85.3 Å². The van der Waals surface area contributed by atoms with Crippen molar-refractivity contribution in [1.82, 2.24) is 0 Å². The van der Waals surface area contributed by atoms with Crippen LogP contribution in [-0.4, -0.2) is 18.1 Å². The van der Waals surface area contributed by atoms with E-state index in [0.717, 1.165) is 16.8 Å². The highest BCUT2D eigenvalue weighted by atomic mass is 16.5. The molecule has 0 unspecified atom stereocenters. The number of nitrogens with one attached hydrogen (secondary N) is 1. The summed E-state index contributed by atoms with van der Waals surface area (Å²) in [4.78, 5) is 28.9. The second-order valence-corrected chi connectivity index (χ2v) is 7.45. The van der Waals surface area contributed by atoms with E-state index in [1.807, 2.05) is 61.5 Å². The van der Waals surface area contributed by atoms with Gasteiger partial charge in [-0.25, -0.2) is 4.79 Å². The quantitative estimate of drug-likeness (QED) is 0.223. The molecular weight excluding hydrogens is 412 g/mol. The summed E-state index contributed by atoms with van der Waals surface area (Å²) in [5, 5.41) is 2.88. The number of nitrogens with zero attached hydrogens (tertiary/aromatic N) is 1. The van der Waals surface area contributed by atoms with E-state index in [0.29, 0.717) is 22.6 Å². The van der Waals surface area contributed by atoms with Crippen LogP contribution in [0.15, 0.2) is 108 Å². The minimum Gasteiger partial charge on any atom is -0.423 e. The fourth-order valence-electron chi connectivity index (χ4n) is 3.05. The monoisotopic (exact) mass is 434 g/mol. The number of amides is 1. The van der Waals surface area contributed by atoms with Gasteiger partial charge in [-0.15, -0.1) is 0 Å². The summed E-state index contributed by atoms with van der Waals surface area (Å²) in [6.45, 7) is 1.98. The van der Waals surface area contributed by atoms with Crippen LogP contribution in [0.2, 0.25) is 0 Å². The summed E-state index contributed by atoms with van der Waals surface area (Å²) in [6, 6.07) is 30.7. The van der Waals surface area contributed by atoms with Gasteiger partial charge in [0.1, 0.15) is 5.75 Å². The standard InChI is InChI=1S/C28H22N2O3/c1-20-7-11-22(12-8-20)27(31)30-25-15-13-24(14-16-25)29-19-21-9-17-26(18-10-21)33-28(32)23-5-3-2-4-6-23/h2-19H,1H3,(H,30,31)/b29-19+. The maximum atomic E-state index is 12.3. The first-order valence-electron chi connectivity index (χ1n) is 10.5. The smallest absolute Gasteiger partial charge is 0.343 e. The number of anilines is 1. The molecule has 162 valence electrons. The highest BCUT2D eigenvalue weighted by Gasteiger charge is 2.07. The predicted octanol–water partition coefficient (Wildman–Crippen LogP) is 6.22. The molecule has 5 nitrogen and oxygen atoms in total. The lowest BCUT2D eigenvalue weighted by Gasteiger charge is -2.06.